The van der Waals surface area contributed by atoms with Gasteiger partial charge in [-0.1, -0.05) is 11.6 Å². The molecule has 0 aliphatic rings. The predicted molar refractivity (Wildman–Crippen MR) is 108 cm³/mol. The first-order valence-electron chi connectivity index (χ1n) is 8.63. The number of halogens is 1. The molecule has 2 aromatic rings. The highest BCUT2D eigenvalue weighted by molar-refractivity contribution is 6.30. The summed E-state index contributed by atoms with van der Waals surface area (Å²) in [4.78, 5) is 28.0. The van der Waals surface area contributed by atoms with E-state index in [2.05, 4.69) is 24.1 Å². The Labute approximate surface area is 159 Å². The first-order chi connectivity index (χ1) is 12.4. The molecule has 0 atom stereocenters. The van der Waals surface area contributed by atoms with Crippen LogP contribution < -0.4 is 15.1 Å². The van der Waals surface area contributed by atoms with Crippen molar-refractivity contribution in [1.82, 2.24) is 0 Å². The highest BCUT2D eigenvalue weighted by Gasteiger charge is 2.16. The fourth-order valence-electron chi connectivity index (χ4n) is 2.69. The third kappa shape index (κ3) is 5.23. The Hall–Kier alpha value is -2.53. The first-order valence-corrected chi connectivity index (χ1v) is 9.01. The number of benzene rings is 2. The fraction of sp³-hybridized carbons (Fsp3) is 0.300. The summed E-state index contributed by atoms with van der Waals surface area (Å²) in [6.07, 6.45) is 0. The van der Waals surface area contributed by atoms with E-state index in [1.807, 2.05) is 24.3 Å². The molecule has 0 unspecified atom stereocenters. The smallest absolute Gasteiger partial charge is 0.244 e. The zero-order valence-corrected chi connectivity index (χ0v) is 16.1. The van der Waals surface area contributed by atoms with E-state index in [0.717, 1.165) is 18.8 Å². The number of nitrogens with one attached hydrogen (secondary N) is 1. The Morgan fingerprint density at radius 1 is 0.923 bits per heavy atom. The zero-order valence-electron chi connectivity index (χ0n) is 15.3. The van der Waals surface area contributed by atoms with Gasteiger partial charge in [-0.15, -0.1) is 0 Å². The summed E-state index contributed by atoms with van der Waals surface area (Å²) in [6.45, 7) is 7.42. The van der Waals surface area contributed by atoms with Gasteiger partial charge in [-0.05, 0) is 62.4 Å². The van der Waals surface area contributed by atoms with E-state index < -0.39 is 0 Å². The van der Waals surface area contributed by atoms with E-state index in [9.17, 15) is 9.59 Å². The summed E-state index contributed by atoms with van der Waals surface area (Å²) in [5.41, 5.74) is 2.42. The average molecular weight is 374 g/mol. The van der Waals surface area contributed by atoms with Crippen molar-refractivity contribution >= 4 is 40.5 Å². The molecule has 6 heteroatoms. The lowest BCUT2D eigenvalue weighted by Gasteiger charge is -2.24. The van der Waals surface area contributed by atoms with E-state index in [1.165, 1.54) is 11.8 Å². The van der Waals surface area contributed by atoms with Gasteiger partial charge in [-0.25, -0.2) is 0 Å². The van der Waals surface area contributed by atoms with Crippen molar-refractivity contribution in [2.75, 3.05) is 34.8 Å². The highest BCUT2D eigenvalue weighted by atomic mass is 35.5. The molecule has 26 heavy (non-hydrogen) atoms. The van der Waals surface area contributed by atoms with Crippen LogP contribution in [0.4, 0.5) is 17.1 Å². The van der Waals surface area contributed by atoms with Gasteiger partial charge in [-0.2, -0.15) is 0 Å². The van der Waals surface area contributed by atoms with Gasteiger partial charge in [0.25, 0.3) is 0 Å². The summed E-state index contributed by atoms with van der Waals surface area (Å²) in [7, 11) is 0. The molecule has 0 bridgehead atoms. The van der Waals surface area contributed by atoms with Crippen molar-refractivity contribution in [2.45, 2.75) is 20.8 Å². The second-order valence-corrected chi connectivity index (χ2v) is 6.29. The van der Waals surface area contributed by atoms with E-state index in [4.69, 9.17) is 11.6 Å². The lowest BCUT2D eigenvalue weighted by Crippen LogP contribution is -2.36. The quantitative estimate of drug-likeness (QED) is 0.792. The molecule has 0 saturated carbocycles. The fourth-order valence-corrected chi connectivity index (χ4v) is 2.82. The summed E-state index contributed by atoms with van der Waals surface area (Å²) in [5, 5.41) is 3.37. The van der Waals surface area contributed by atoms with Crippen molar-refractivity contribution in [3.63, 3.8) is 0 Å². The topological polar surface area (TPSA) is 52.6 Å². The number of nitrogens with zero attached hydrogens (tertiary/aromatic N) is 2. The molecule has 0 spiro atoms. The molecule has 0 aliphatic heterocycles. The standard InChI is InChI=1S/C20H24ClN3O2/c1-4-23(5-2)18-10-12-19(13-11-18)24(15(3)25)14-20(26)22-17-8-6-16(21)7-9-17/h6-13H,4-5,14H2,1-3H3,(H,22,26). The summed E-state index contributed by atoms with van der Waals surface area (Å²) >= 11 is 5.84. The number of hydrogen-bond donors (Lipinski definition) is 1. The molecule has 2 rings (SSSR count). The molecule has 0 saturated heterocycles. The Balaban J connectivity index is 2.09. The molecule has 0 fully saturated rings. The van der Waals surface area contributed by atoms with Crippen molar-refractivity contribution in [3.8, 4) is 0 Å². The molecule has 138 valence electrons. The van der Waals surface area contributed by atoms with Crippen LogP contribution in [0, 0.1) is 0 Å². The highest BCUT2D eigenvalue weighted by Crippen LogP contribution is 2.21. The van der Waals surface area contributed by atoms with E-state index >= 15 is 0 Å². The van der Waals surface area contributed by atoms with Crippen molar-refractivity contribution in [1.29, 1.82) is 0 Å². The Bertz CT molecular complexity index is 741. The van der Waals surface area contributed by atoms with Gasteiger partial charge in [0.15, 0.2) is 0 Å². The minimum Gasteiger partial charge on any atom is -0.372 e. The zero-order chi connectivity index (χ0) is 19.1. The van der Waals surface area contributed by atoms with Crippen LogP contribution in [0.5, 0.6) is 0 Å². The number of hydrogen-bond acceptors (Lipinski definition) is 3. The second-order valence-electron chi connectivity index (χ2n) is 5.85. The monoisotopic (exact) mass is 373 g/mol. The summed E-state index contributed by atoms with van der Waals surface area (Å²) < 4.78 is 0. The normalized spacial score (nSPS) is 10.3. The van der Waals surface area contributed by atoms with E-state index in [-0.39, 0.29) is 18.4 Å². The molecule has 2 amide bonds. The van der Waals surface area contributed by atoms with Gasteiger partial charge in [0, 0.05) is 42.1 Å². The summed E-state index contributed by atoms with van der Waals surface area (Å²) in [5.74, 6) is -0.456. The number of rotatable bonds is 7. The molecule has 0 heterocycles. The Morgan fingerprint density at radius 3 is 1.96 bits per heavy atom. The molecule has 0 aliphatic carbocycles. The SMILES string of the molecule is CCN(CC)c1ccc(N(CC(=O)Nc2ccc(Cl)cc2)C(C)=O)cc1. The molecule has 0 aromatic heterocycles. The molecule has 5 nitrogen and oxygen atoms in total. The van der Waals surface area contributed by atoms with Crippen LogP contribution in [0.2, 0.25) is 5.02 Å². The first kappa shape index (κ1) is 19.8. The van der Waals surface area contributed by atoms with Gasteiger partial charge in [0.05, 0.1) is 0 Å². The number of amides is 2. The minimum atomic E-state index is -0.268. The average Bonchev–Trinajstić information content (AvgIpc) is 2.63. The van der Waals surface area contributed by atoms with Crippen LogP contribution in [0.15, 0.2) is 48.5 Å². The third-order valence-corrected chi connectivity index (χ3v) is 4.35. The Kier molecular flexibility index (Phi) is 7.04. The van der Waals surface area contributed by atoms with E-state index in [1.54, 1.807) is 24.3 Å². The van der Waals surface area contributed by atoms with Crippen LogP contribution in [0.1, 0.15) is 20.8 Å². The second kappa shape index (κ2) is 9.25. The molecule has 2 aromatic carbocycles. The maximum absolute atomic E-state index is 12.3. The van der Waals surface area contributed by atoms with Crippen LogP contribution in [-0.2, 0) is 9.59 Å². The maximum Gasteiger partial charge on any atom is 0.244 e. The van der Waals surface area contributed by atoms with Gasteiger partial charge >= 0.3 is 0 Å². The van der Waals surface area contributed by atoms with Gasteiger partial charge < -0.3 is 15.1 Å². The van der Waals surface area contributed by atoms with Crippen LogP contribution in [-0.4, -0.2) is 31.4 Å². The molecular weight excluding hydrogens is 350 g/mol. The third-order valence-electron chi connectivity index (χ3n) is 4.10. The number of carbonyl (C=O) groups is 2. The molecule has 1 N–H and O–H groups in total. The molecular formula is C20H24ClN3O2. The lowest BCUT2D eigenvalue weighted by atomic mass is 10.2. The number of carbonyl (C=O) groups excluding carboxylic acids is 2. The van der Waals surface area contributed by atoms with Gasteiger partial charge in [-0.3, -0.25) is 9.59 Å². The van der Waals surface area contributed by atoms with Gasteiger partial charge in [0.1, 0.15) is 6.54 Å². The van der Waals surface area contributed by atoms with Crippen LogP contribution in [0.25, 0.3) is 0 Å². The van der Waals surface area contributed by atoms with Gasteiger partial charge in [0.2, 0.25) is 11.8 Å². The number of anilines is 3. The largest absolute Gasteiger partial charge is 0.372 e. The lowest BCUT2D eigenvalue weighted by molar-refractivity contribution is -0.120. The summed E-state index contributed by atoms with van der Waals surface area (Å²) in [6, 6.07) is 14.5. The van der Waals surface area contributed by atoms with Crippen molar-refractivity contribution < 1.29 is 9.59 Å². The minimum absolute atomic E-state index is 0.0530. The Morgan fingerprint density at radius 2 is 1.46 bits per heavy atom. The van der Waals surface area contributed by atoms with Crippen LogP contribution >= 0.6 is 11.6 Å². The molecule has 0 radical (unpaired) electrons. The van der Waals surface area contributed by atoms with E-state index in [0.29, 0.717) is 16.4 Å². The predicted octanol–water partition coefficient (Wildman–Crippen LogP) is 4.18. The van der Waals surface area contributed by atoms with Crippen molar-refractivity contribution in [2.24, 2.45) is 0 Å². The van der Waals surface area contributed by atoms with Crippen LogP contribution in [0.3, 0.4) is 0 Å². The van der Waals surface area contributed by atoms with Crippen molar-refractivity contribution in [3.05, 3.63) is 53.6 Å². The maximum atomic E-state index is 12.3.